The third kappa shape index (κ3) is 31.3. The summed E-state index contributed by atoms with van der Waals surface area (Å²) in [5.41, 5.74) is 35.2. The van der Waals surface area contributed by atoms with Gasteiger partial charge < -0.3 is 108 Å². The lowest BCUT2D eigenvalue weighted by Crippen LogP contribution is -2.61. The Kier molecular flexibility index (Phi) is 36.0. The molecule has 0 aliphatic carbocycles. The summed E-state index contributed by atoms with van der Waals surface area (Å²) < 4.78 is 0. The van der Waals surface area contributed by atoms with E-state index in [0.29, 0.717) is 49.1 Å². The largest absolute Gasteiger partial charge is 0.481 e. The standard InChI is InChI=1S/C61H97N21O15/c1-33(2)23-38(64)51(87)75-41(17-12-22-70-61(66)67)56(92)82-50(34(3)4)59(95)80-44(25-36-28-68-31-72-36)58(94)77-42(18-19-49(85)86)55(91)78-43(24-35-13-6-5-7-14-35)57(93)79-45(27-47(65)83)52(88)71-30-48(84)74-39(15-8-10-20-62)53(89)76-40(16-9-11-21-63)54(90)81-46(60(96)97)26-37-29-69-32-73-37/h5-7,13-14,28-29,31-34,38-46,50H,8-12,15-27,30,62-64H2,1-4H3,(H2,65,83)(H,68,72)(H,69,73)(H,71,88)(H,74,84)(H,75,87)(H,76,89)(H,77,94)(H,78,91)(H,79,93)(H,80,95)(H,81,90)(H,82,92)(H,85,86)(H,96,97)(H4,66,67,70)/t38-,39-,40-,41-,42-,43-,44-,45-,46-,50-/m0/s1. The second kappa shape index (κ2) is 43.1. The van der Waals surface area contributed by atoms with Crippen molar-refractivity contribution in [3.63, 3.8) is 0 Å². The number of aromatic nitrogens is 4. The molecule has 0 aliphatic heterocycles. The molecule has 10 atom stereocenters. The number of carboxylic acid groups (broad SMARTS) is 2. The molecule has 0 aliphatic rings. The van der Waals surface area contributed by atoms with Crippen LogP contribution < -0.4 is 87.6 Å². The number of carbonyl (C=O) groups is 13. The zero-order chi connectivity index (χ0) is 72.1. The van der Waals surface area contributed by atoms with E-state index in [2.05, 4.69) is 78.1 Å². The van der Waals surface area contributed by atoms with Gasteiger partial charge in [-0.3, -0.25) is 62.5 Å². The van der Waals surface area contributed by atoms with Gasteiger partial charge in [0.2, 0.25) is 65.0 Å². The monoisotopic (exact) mass is 1360 g/mol. The molecule has 0 unspecified atom stereocenters. The molecule has 36 nitrogen and oxygen atoms in total. The number of carboxylic acids is 2. The van der Waals surface area contributed by atoms with Gasteiger partial charge in [0.05, 0.1) is 31.7 Å². The average molecular weight is 1360 g/mol. The number of aromatic amines is 2. The fourth-order valence-corrected chi connectivity index (χ4v) is 9.79. The number of nitrogens with two attached hydrogens (primary N) is 6. The molecule has 0 radical (unpaired) electrons. The van der Waals surface area contributed by atoms with Crippen LogP contribution in [0, 0.1) is 11.8 Å². The van der Waals surface area contributed by atoms with Crippen LogP contribution in [0.5, 0.6) is 0 Å². The summed E-state index contributed by atoms with van der Waals surface area (Å²) in [5, 5.41) is 44.8. The number of amides is 11. The van der Waals surface area contributed by atoms with E-state index < -0.39 is 169 Å². The molecule has 536 valence electrons. The predicted octanol–water partition coefficient (Wildman–Crippen LogP) is -5.19. The van der Waals surface area contributed by atoms with Gasteiger partial charge in [-0.2, -0.15) is 0 Å². The van der Waals surface area contributed by atoms with E-state index in [-0.39, 0.29) is 76.5 Å². The maximum absolute atomic E-state index is 14.5. The van der Waals surface area contributed by atoms with E-state index >= 15 is 0 Å². The lowest BCUT2D eigenvalue weighted by Gasteiger charge is -2.29. The van der Waals surface area contributed by atoms with Crippen LogP contribution in [0.1, 0.15) is 122 Å². The van der Waals surface area contributed by atoms with E-state index in [4.69, 9.17) is 34.4 Å². The molecule has 0 bridgehead atoms. The van der Waals surface area contributed by atoms with Crippen molar-refractivity contribution in [1.82, 2.24) is 73.1 Å². The van der Waals surface area contributed by atoms with Gasteiger partial charge >= 0.3 is 11.9 Å². The number of hydrogen-bond acceptors (Lipinski definition) is 19. The minimum atomic E-state index is -1.82. The lowest BCUT2D eigenvalue weighted by atomic mass is 10.00. The van der Waals surface area contributed by atoms with Crippen LogP contribution >= 0.6 is 0 Å². The van der Waals surface area contributed by atoms with Gasteiger partial charge in [-0.25, -0.2) is 14.8 Å². The number of nitrogens with zero attached hydrogens (tertiary/aromatic N) is 3. The Bertz CT molecular complexity index is 3080. The number of imidazole rings is 2. The summed E-state index contributed by atoms with van der Waals surface area (Å²) in [6, 6.07) is -6.36. The number of hydrogen-bond donors (Lipinski definition) is 20. The number of guanidine groups is 1. The first-order valence-corrected chi connectivity index (χ1v) is 31.9. The van der Waals surface area contributed by atoms with Crippen molar-refractivity contribution in [2.75, 3.05) is 26.2 Å². The minimum Gasteiger partial charge on any atom is -0.481 e. The van der Waals surface area contributed by atoms with Crippen LogP contribution in [-0.2, 0) is 81.6 Å². The van der Waals surface area contributed by atoms with Crippen molar-refractivity contribution in [3.05, 3.63) is 72.3 Å². The predicted molar refractivity (Wildman–Crippen MR) is 351 cm³/mol. The van der Waals surface area contributed by atoms with Crippen LogP contribution in [0.25, 0.3) is 0 Å². The van der Waals surface area contributed by atoms with Crippen LogP contribution in [0.4, 0.5) is 0 Å². The minimum absolute atomic E-state index is 0.0132. The Balaban J connectivity index is 1.90. The van der Waals surface area contributed by atoms with Crippen LogP contribution in [-0.4, -0.2) is 200 Å². The zero-order valence-corrected chi connectivity index (χ0v) is 55.1. The molecule has 26 N–H and O–H groups in total. The molecule has 11 amide bonds. The van der Waals surface area contributed by atoms with Gasteiger partial charge in [0, 0.05) is 56.0 Å². The number of primary amides is 1. The van der Waals surface area contributed by atoms with Gasteiger partial charge in [-0.05, 0) is 94.7 Å². The number of aliphatic imine (C=N–C) groups is 1. The Hall–Kier alpha value is -10.1. The topological polar surface area (TPSA) is 609 Å². The van der Waals surface area contributed by atoms with Crippen LogP contribution in [0.15, 0.2) is 60.4 Å². The molecule has 36 heteroatoms. The molecular formula is C61H97N21O15. The van der Waals surface area contributed by atoms with E-state index in [0.717, 1.165) is 0 Å². The summed E-state index contributed by atoms with van der Waals surface area (Å²) >= 11 is 0. The van der Waals surface area contributed by atoms with E-state index in [1.165, 1.54) is 25.0 Å². The number of benzene rings is 1. The summed E-state index contributed by atoms with van der Waals surface area (Å²) in [4.78, 5) is 194. The van der Waals surface area contributed by atoms with Crippen LogP contribution in [0.3, 0.4) is 0 Å². The van der Waals surface area contributed by atoms with Gasteiger partial charge in [0.15, 0.2) is 5.96 Å². The van der Waals surface area contributed by atoms with E-state index in [1.807, 2.05) is 13.8 Å². The molecule has 97 heavy (non-hydrogen) atoms. The highest BCUT2D eigenvalue weighted by Crippen LogP contribution is 2.13. The number of rotatable bonds is 47. The molecule has 2 heterocycles. The molecule has 0 saturated carbocycles. The average Bonchev–Trinajstić information content (AvgIpc) is 1.24. The first-order chi connectivity index (χ1) is 46.0. The maximum Gasteiger partial charge on any atom is 0.326 e. The van der Waals surface area contributed by atoms with Crippen molar-refractivity contribution in [3.8, 4) is 0 Å². The highest BCUT2D eigenvalue weighted by Gasteiger charge is 2.37. The maximum atomic E-state index is 14.5. The molecule has 0 fully saturated rings. The van der Waals surface area contributed by atoms with Gasteiger partial charge in [-0.1, -0.05) is 58.0 Å². The summed E-state index contributed by atoms with van der Waals surface area (Å²) in [7, 11) is 0. The highest BCUT2D eigenvalue weighted by atomic mass is 16.4. The fourth-order valence-electron chi connectivity index (χ4n) is 9.79. The molecule has 1 aromatic carbocycles. The second-order valence-corrected chi connectivity index (χ2v) is 23.9. The van der Waals surface area contributed by atoms with E-state index in [1.54, 1.807) is 44.2 Å². The van der Waals surface area contributed by atoms with Crippen molar-refractivity contribution in [2.24, 2.45) is 51.2 Å². The first-order valence-electron chi connectivity index (χ1n) is 31.9. The normalized spacial score (nSPS) is 14.2. The fraction of sp³-hybridized carbons (Fsp3) is 0.574. The SMILES string of the molecule is CC(C)C[C@H](N)C(=O)N[C@@H](CCCN=C(N)N)C(=O)N[C@H](C(=O)N[C@@H](Cc1cnc[nH]1)C(=O)N[C@@H](CCC(=O)O)C(=O)N[C@@H](Cc1ccccc1)C(=O)N[C@@H](CC(N)=O)C(=O)NCC(=O)N[C@@H](CCCCN)C(=O)N[C@@H](CCCCN)C(=O)N[C@@H](Cc1cnc[nH]1)C(=O)O)C(C)C. The summed E-state index contributed by atoms with van der Waals surface area (Å²) in [6.07, 6.45) is 4.45. The number of unbranched alkanes of at least 4 members (excludes halogenated alkanes) is 2. The van der Waals surface area contributed by atoms with Gasteiger partial charge in [0.1, 0.15) is 54.4 Å². The lowest BCUT2D eigenvalue weighted by molar-refractivity contribution is -0.142. The Morgan fingerprint density at radius 2 is 0.969 bits per heavy atom. The number of nitrogens with one attached hydrogen (secondary N) is 12. The highest BCUT2D eigenvalue weighted by molar-refractivity contribution is 5.99. The number of carbonyl (C=O) groups excluding carboxylic acids is 11. The molecule has 3 rings (SSSR count). The van der Waals surface area contributed by atoms with Gasteiger partial charge in [-0.15, -0.1) is 0 Å². The van der Waals surface area contributed by atoms with Crippen molar-refractivity contribution >= 4 is 82.9 Å². The Morgan fingerprint density at radius 3 is 1.45 bits per heavy atom. The van der Waals surface area contributed by atoms with Crippen molar-refractivity contribution in [1.29, 1.82) is 0 Å². The Labute approximate surface area is 560 Å². The van der Waals surface area contributed by atoms with Crippen molar-refractivity contribution < 1.29 is 72.5 Å². The Morgan fingerprint density at radius 1 is 0.515 bits per heavy atom. The smallest absolute Gasteiger partial charge is 0.326 e. The first kappa shape index (κ1) is 81.1. The molecule has 2 aromatic heterocycles. The summed E-state index contributed by atoms with van der Waals surface area (Å²) in [5.74, 6) is -14.0. The molecule has 0 spiro atoms. The van der Waals surface area contributed by atoms with Crippen LogP contribution in [0.2, 0.25) is 0 Å². The number of H-pyrrole nitrogens is 2. The third-order valence-corrected chi connectivity index (χ3v) is 14.9. The zero-order valence-electron chi connectivity index (χ0n) is 55.1. The second-order valence-electron chi connectivity index (χ2n) is 23.9. The molecule has 0 saturated heterocycles. The quantitative estimate of drug-likeness (QED) is 0.0143. The molecular weight excluding hydrogens is 1270 g/mol. The van der Waals surface area contributed by atoms with E-state index in [9.17, 15) is 72.5 Å². The van der Waals surface area contributed by atoms with Gasteiger partial charge in [0.25, 0.3) is 0 Å². The third-order valence-electron chi connectivity index (χ3n) is 14.9. The molecule has 3 aromatic rings. The number of aliphatic carboxylic acids is 2. The van der Waals surface area contributed by atoms with Crippen molar-refractivity contribution in [2.45, 2.75) is 184 Å². The summed E-state index contributed by atoms with van der Waals surface area (Å²) in [6.45, 7) is 6.63.